The van der Waals surface area contributed by atoms with Crippen LogP contribution in [0.5, 0.6) is 0 Å². The van der Waals surface area contributed by atoms with Gasteiger partial charge in [-0.3, -0.25) is 4.98 Å². The molecule has 0 amide bonds. The van der Waals surface area contributed by atoms with Crippen LogP contribution in [0.1, 0.15) is 22.5 Å². The molecule has 92 valence electrons. The van der Waals surface area contributed by atoms with Gasteiger partial charge in [-0.15, -0.1) is 0 Å². The van der Waals surface area contributed by atoms with Crippen LogP contribution in [0.3, 0.4) is 0 Å². The fourth-order valence-corrected chi connectivity index (χ4v) is 2.55. The van der Waals surface area contributed by atoms with Gasteiger partial charge in [0.15, 0.2) is 0 Å². The van der Waals surface area contributed by atoms with Gasteiger partial charge in [0.1, 0.15) is 0 Å². The Kier molecular flexibility index (Phi) is 2.84. The van der Waals surface area contributed by atoms with Crippen molar-refractivity contribution in [3.05, 3.63) is 46.9 Å². The highest BCUT2D eigenvalue weighted by Crippen LogP contribution is 2.28. The molecule has 0 fully saturated rings. The molecule has 1 aromatic heterocycles. The van der Waals surface area contributed by atoms with Crippen molar-refractivity contribution in [3.8, 4) is 11.3 Å². The van der Waals surface area contributed by atoms with Crippen molar-refractivity contribution in [1.29, 1.82) is 0 Å². The second-order valence-corrected chi connectivity index (χ2v) is 4.82. The average Bonchev–Trinajstić information content (AvgIpc) is 2.41. The molecule has 3 nitrogen and oxygen atoms in total. The standard InChI is InChI=1S/C15H17N3/c1-10-8-17-11(2)15(18-10)14-5-3-4-12-9-16-7-6-13(12)14/h3-5,8,16H,6-7,9H2,1-2H3. The maximum absolute atomic E-state index is 4.67. The Bertz CT molecular complexity index is 590. The number of nitrogens with zero attached hydrogens (tertiary/aromatic N) is 2. The predicted molar refractivity (Wildman–Crippen MR) is 72.4 cm³/mol. The zero-order valence-corrected chi connectivity index (χ0v) is 10.8. The molecule has 0 unspecified atom stereocenters. The second kappa shape index (κ2) is 4.50. The summed E-state index contributed by atoms with van der Waals surface area (Å²) in [5.74, 6) is 0. The van der Waals surface area contributed by atoms with Crippen molar-refractivity contribution in [2.45, 2.75) is 26.8 Å². The first-order valence-corrected chi connectivity index (χ1v) is 6.38. The minimum atomic E-state index is 0.960. The quantitative estimate of drug-likeness (QED) is 0.830. The Morgan fingerprint density at radius 2 is 2.11 bits per heavy atom. The molecule has 3 rings (SSSR count). The van der Waals surface area contributed by atoms with Crippen LogP contribution in [0.4, 0.5) is 0 Å². The number of hydrogen-bond acceptors (Lipinski definition) is 3. The lowest BCUT2D eigenvalue weighted by molar-refractivity contribution is 0.644. The summed E-state index contributed by atoms with van der Waals surface area (Å²) in [5, 5.41) is 3.41. The van der Waals surface area contributed by atoms with Crippen molar-refractivity contribution in [2.24, 2.45) is 0 Å². The summed E-state index contributed by atoms with van der Waals surface area (Å²) in [6.07, 6.45) is 2.90. The molecule has 0 spiro atoms. The molecule has 0 saturated carbocycles. The van der Waals surface area contributed by atoms with E-state index in [0.29, 0.717) is 0 Å². The number of nitrogens with one attached hydrogen (secondary N) is 1. The van der Waals surface area contributed by atoms with Gasteiger partial charge < -0.3 is 5.32 Å². The Morgan fingerprint density at radius 1 is 1.22 bits per heavy atom. The summed E-state index contributed by atoms with van der Waals surface area (Å²) < 4.78 is 0. The van der Waals surface area contributed by atoms with Gasteiger partial charge in [0.25, 0.3) is 0 Å². The summed E-state index contributed by atoms with van der Waals surface area (Å²) in [6, 6.07) is 6.48. The lowest BCUT2D eigenvalue weighted by Crippen LogP contribution is -2.24. The number of fused-ring (bicyclic) bond motifs is 1. The number of rotatable bonds is 1. The molecule has 18 heavy (non-hydrogen) atoms. The molecule has 1 aliphatic heterocycles. The summed E-state index contributed by atoms with van der Waals surface area (Å²) in [6.45, 7) is 6.03. The van der Waals surface area contributed by atoms with Crippen LogP contribution in [0.2, 0.25) is 0 Å². The molecular weight excluding hydrogens is 222 g/mol. The van der Waals surface area contributed by atoms with E-state index >= 15 is 0 Å². The van der Waals surface area contributed by atoms with Crippen LogP contribution in [0.25, 0.3) is 11.3 Å². The SMILES string of the molecule is Cc1cnc(C)c(-c2cccc3c2CCNC3)n1. The van der Waals surface area contributed by atoms with E-state index in [-0.39, 0.29) is 0 Å². The first-order valence-electron chi connectivity index (χ1n) is 6.38. The number of hydrogen-bond donors (Lipinski definition) is 1. The maximum Gasteiger partial charge on any atom is 0.0920 e. The highest BCUT2D eigenvalue weighted by molar-refractivity contribution is 5.67. The molecular formula is C15H17N3. The number of aryl methyl sites for hydroxylation is 2. The predicted octanol–water partition coefficient (Wildman–Crippen LogP) is 2.41. The summed E-state index contributed by atoms with van der Waals surface area (Å²) in [4.78, 5) is 9.09. The van der Waals surface area contributed by atoms with Gasteiger partial charge in [-0.25, -0.2) is 4.98 Å². The van der Waals surface area contributed by atoms with Gasteiger partial charge in [-0.1, -0.05) is 18.2 Å². The van der Waals surface area contributed by atoms with E-state index in [9.17, 15) is 0 Å². The minimum Gasteiger partial charge on any atom is -0.312 e. The van der Waals surface area contributed by atoms with Crippen molar-refractivity contribution < 1.29 is 0 Å². The zero-order chi connectivity index (χ0) is 12.5. The molecule has 1 aliphatic rings. The van der Waals surface area contributed by atoms with Crippen molar-refractivity contribution in [3.63, 3.8) is 0 Å². The molecule has 1 N–H and O–H groups in total. The zero-order valence-electron chi connectivity index (χ0n) is 10.8. The fourth-order valence-electron chi connectivity index (χ4n) is 2.55. The normalized spacial score (nSPS) is 14.3. The number of benzene rings is 1. The van der Waals surface area contributed by atoms with E-state index < -0.39 is 0 Å². The van der Waals surface area contributed by atoms with Crippen molar-refractivity contribution >= 4 is 0 Å². The largest absolute Gasteiger partial charge is 0.312 e. The van der Waals surface area contributed by atoms with E-state index in [4.69, 9.17) is 0 Å². The molecule has 0 bridgehead atoms. The Labute approximate surface area is 107 Å². The lowest BCUT2D eigenvalue weighted by Gasteiger charge is -2.20. The van der Waals surface area contributed by atoms with Crippen LogP contribution >= 0.6 is 0 Å². The maximum atomic E-state index is 4.67. The summed E-state index contributed by atoms with van der Waals surface area (Å²) in [5.41, 5.74) is 7.09. The van der Waals surface area contributed by atoms with Crippen LogP contribution in [0.15, 0.2) is 24.4 Å². The fraction of sp³-hybridized carbons (Fsp3) is 0.333. The Morgan fingerprint density at radius 3 is 3.00 bits per heavy atom. The first kappa shape index (κ1) is 11.4. The molecule has 2 aromatic rings. The van der Waals surface area contributed by atoms with Gasteiger partial charge in [-0.2, -0.15) is 0 Å². The lowest BCUT2D eigenvalue weighted by atomic mass is 9.93. The Hall–Kier alpha value is -1.74. The van der Waals surface area contributed by atoms with Crippen molar-refractivity contribution in [1.82, 2.24) is 15.3 Å². The molecule has 2 heterocycles. The summed E-state index contributed by atoms with van der Waals surface area (Å²) in [7, 11) is 0. The van der Waals surface area contributed by atoms with Crippen LogP contribution in [-0.2, 0) is 13.0 Å². The van der Waals surface area contributed by atoms with E-state index in [2.05, 4.69) is 33.5 Å². The number of aromatic nitrogens is 2. The minimum absolute atomic E-state index is 0.960. The third-order valence-electron chi connectivity index (χ3n) is 3.47. The van der Waals surface area contributed by atoms with Gasteiger partial charge in [0.05, 0.1) is 17.1 Å². The molecule has 0 atom stereocenters. The van der Waals surface area contributed by atoms with E-state index in [1.165, 1.54) is 16.7 Å². The molecule has 1 aromatic carbocycles. The van der Waals surface area contributed by atoms with E-state index in [1.807, 2.05) is 20.0 Å². The van der Waals surface area contributed by atoms with Crippen molar-refractivity contribution in [2.75, 3.05) is 6.54 Å². The van der Waals surface area contributed by atoms with Crippen LogP contribution < -0.4 is 5.32 Å². The summed E-state index contributed by atoms with van der Waals surface area (Å²) >= 11 is 0. The third kappa shape index (κ3) is 1.91. The molecule has 3 heteroatoms. The third-order valence-corrected chi connectivity index (χ3v) is 3.47. The van der Waals surface area contributed by atoms with Gasteiger partial charge >= 0.3 is 0 Å². The smallest absolute Gasteiger partial charge is 0.0920 e. The van der Waals surface area contributed by atoms with E-state index in [1.54, 1.807) is 0 Å². The van der Waals surface area contributed by atoms with Crippen LogP contribution in [-0.4, -0.2) is 16.5 Å². The van der Waals surface area contributed by atoms with Crippen LogP contribution in [0, 0.1) is 13.8 Å². The topological polar surface area (TPSA) is 37.8 Å². The monoisotopic (exact) mass is 239 g/mol. The molecule has 0 aliphatic carbocycles. The van der Waals surface area contributed by atoms with Gasteiger partial charge in [0, 0.05) is 18.3 Å². The highest BCUT2D eigenvalue weighted by atomic mass is 14.9. The Balaban J connectivity index is 2.19. The molecule has 0 radical (unpaired) electrons. The average molecular weight is 239 g/mol. The van der Waals surface area contributed by atoms with E-state index in [0.717, 1.165) is 36.6 Å². The first-order chi connectivity index (χ1) is 8.75. The molecule has 0 saturated heterocycles. The second-order valence-electron chi connectivity index (χ2n) is 4.82. The van der Waals surface area contributed by atoms with Gasteiger partial charge in [0.2, 0.25) is 0 Å². The van der Waals surface area contributed by atoms with Gasteiger partial charge in [-0.05, 0) is 37.9 Å². The highest BCUT2D eigenvalue weighted by Gasteiger charge is 2.16.